The van der Waals surface area contributed by atoms with E-state index in [-0.39, 0.29) is 11.8 Å². The maximum absolute atomic E-state index is 13.3. The molecular formula is C29H29N7O4S. The molecule has 8 rings (SSSR count). The topological polar surface area (TPSA) is 138 Å². The molecule has 11 nitrogen and oxygen atoms in total. The first-order valence-corrected chi connectivity index (χ1v) is 14.6. The Bertz CT molecular complexity index is 1840. The molecular weight excluding hydrogens is 542 g/mol. The fourth-order valence-corrected chi connectivity index (χ4v) is 7.07. The van der Waals surface area contributed by atoms with Crippen LogP contribution in [0.3, 0.4) is 0 Å². The van der Waals surface area contributed by atoms with E-state index >= 15 is 0 Å². The minimum Gasteiger partial charge on any atom is -0.408 e. The van der Waals surface area contributed by atoms with Gasteiger partial charge in [0.05, 0.1) is 39.1 Å². The zero-order valence-electron chi connectivity index (χ0n) is 22.5. The second-order valence-electron chi connectivity index (χ2n) is 10.9. The van der Waals surface area contributed by atoms with Crippen LogP contribution in [0.4, 0.5) is 5.69 Å². The summed E-state index contributed by atoms with van der Waals surface area (Å²) in [6.45, 7) is 4.35. The molecule has 0 spiro atoms. The Morgan fingerprint density at radius 3 is 2.80 bits per heavy atom. The molecule has 2 amide bonds. The minimum atomic E-state index is -0.507. The van der Waals surface area contributed by atoms with Gasteiger partial charge in [0.25, 0.3) is 11.8 Å². The van der Waals surface area contributed by atoms with E-state index in [1.165, 1.54) is 49.4 Å². The van der Waals surface area contributed by atoms with Gasteiger partial charge in [0.15, 0.2) is 5.58 Å². The summed E-state index contributed by atoms with van der Waals surface area (Å²) >= 11 is 1.41. The highest BCUT2D eigenvalue weighted by atomic mass is 32.1. The number of aromatic nitrogens is 4. The van der Waals surface area contributed by atoms with E-state index in [4.69, 9.17) is 4.42 Å². The van der Waals surface area contributed by atoms with Crippen LogP contribution in [-0.2, 0) is 0 Å². The van der Waals surface area contributed by atoms with Gasteiger partial charge in [-0.2, -0.15) is 5.10 Å². The fraction of sp³-hybridized carbons (Fsp3) is 0.345. The van der Waals surface area contributed by atoms with Crippen molar-refractivity contribution < 1.29 is 14.0 Å². The molecule has 1 saturated carbocycles. The van der Waals surface area contributed by atoms with E-state index < -0.39 is 5.76 Å². The van der Waals surface area contributed by atoms with Crippen molar-refractivity contribution in [3.8, 4) is 10.4 Å². The van der Waals surface area contributed by atoms with E-state index in [1.54, 1.807) is 23.6 Å². The number of H-pyrrole nitrogens is 1. The molecule has 0 unspecified atom stereocenters. The summed E-state index contributed by atoms with van der Waals surface area (Å²) in [6, 6.07) is 7.73. The first-order chi connectivity index (χ1) is 19.9. The lowest BCUT2D eigenvalue weighted by Gasteiger charge is -2.45. The number of aromatic amines is 1. The van der Waals surface area contributed by atoms with Crippen molar-refractivity contribution in [2.45, 2.75) is 38.6 Å². The largest absolute Gasteiger partial charge is 0.417 e. The maximum atomic E-state index is 13.3. The third-order valence-corrected chi connectivity index (χ3v) is 9.41. The van der Waals surface area contributed by atoms with Crippen LogP contribution in [0.5, 0.6) is 0 Å². The number of nitrogens with zero attached hydrogens (tertiary/aromatic N) is 4. The standard InChI is InChI=1S/C29H29N7O4S/c1-16-22(11-19(12-31-16)26(37)30-8-9-35-14-17-2-5-20(35)6-3-17)33-27(38)21-13-32-36-15-25(41-28(21)36)18-4-7-24-23(10-18)34-29(39)40-24/h4,7,10-13,15,17,20H,2-3,5-6,8-9,14H2,1H3,(H,30,37)(H,33,38)(H,34,39). The minimum absolute atomic E-state index is 0.207. The third kappa shape index (κ3) is 4.93. The number of fused-ring (bicyclic) bond motifs is 5. The van der Waals surface area contributed by atoms with E-state index in [2.05, 4.69) is 30.6 Å². The number of hydrogen-bond acceptors (Lipinski definition) is 8. The lowest BCUT2D eigenvalue weighted by atomic mass is 9.80. The monoisotopic (exact) mass is 571 g/mol. The molecule has 1 aromatic carbocycles. The summed E-state index contributed by atoms with van der Waals surface area (Å²) in [5, 5.41) is 10.3. The smallest absolute Gasteiger partial charge is 0.408 e. The van der Waals surface area contributed by atoms with Gasteiger partial charge in [-0.15, -0.1) is 11.3 Å². The van der Waals surface area contributed by atoms with E-state index in [0.29, 0.717) is 51.0 Å². The summed E-state index contributed by atoms with van der Waals surface area (Å²) in [7, 11) is 0. The van der Waals surface area contributed by atoms with Crippen LogP contribution in [0.1, 0.15) is 52.1 Å². The van der Waals surface area contributed by atoms with Gasteiger partial charge >= 0.3 is 5.76 Å². The summed E-state index contributed by atoms with van der Waals surface area (Å²) in [6.07, 6.45) is 10.1. The van der Waals surface area contributed by atoms with Gasteiger partial charge in [-0.1, -0.05) is 0 Å². The van der Waals surface area contributed by atoms with E-state index in [1.807, 2.05) is 18.3 Å². The van der Waals surface area contributed by atoms with Gasteiger partial charge < -0.3 is 15.1 Å². The number of benzene rings is 1. The Balaban J connectivity index is 1.04. The van der Waals surface area contributed by atoms with Crippen LogP contribution < -0.4 is 16.4 Å². The molecule has 2 aliphatic heterocycles. The number of carbonyl (C=O) groups is 2. The fourth-order valence-electron chi connectivity index (χ4n) is 6.02. The van der Waals surface area contributed by atoms with Gasteiger partial charge in [0.1, 0.15) is 4.83 Å². The van der Waals surface area contributed by atoms with Crippen LogP contribution in [0, 0.1) is 12.8 Å². The second-order valence-corrected chi connectivity index (χ2v) is 11.9. The molecule has 210 valence electrons. The highest BCUT2D eigenvalue weighted by Gasteiger charge is 2.33. The Morgan fingerprint density at radius 2 is 2.00 bits per heavy atom. The predicted molar refractivity (Wildman–Crippen MR) is 155 cm³/mol. The molecule has 3 fully saturated rings. The first kappa shape index (κ1) is 25.7. The number of rotatable bonds is 7. The maximum Gasteiger partial charge on any atom is 0.417 e. The quantitative estimate of drug-likeness (QED) is 0.268. The summed E-state index contributed by atoms with van der Waals surface area (Å²) in [4.78, 5) is 48.8. The molecule has 3 N–H and O–H groups in total. The van der Waals surface area contributed by atoms with Crippen molar-refractivity contribution in [3.63, 3.8) is 0 Å². The average molecular weight is 572 g/mol. The zero-order chi connectivity index (χ0) is 28.1. The van der Waals surface area contributed by atoms with Gasteiger partial charge in [0.2, 0.25) is 0 Å². The van der Waals surface area contributed by atoms with E-state index in [0.717, 1.165) is 29.4 Å². The van der Waals surface area contributed by atoms with Crippen LogP contribution >= 0.6 is 11.3 Å². The van der Waals surface area contributed by atoms with Gasteiger partial charge in [-0.25, -0.2) is 9.31 Å². The highest BCUT2D eigenvalue weighted by molar-refractivity contribution is 7.21. The van der Waals surface area contributed by atoms with E-state index in [9.17, 15) is 14.4 Å². The zero-order valence-corrected chi connectivity index (χ0v) is 23.3. The Morgan fingerprint density at radius 1 is 1.15 bits per heavy atom. The molecule has 1 aliphatic carbocycles. The van der Waals surface area contributed by atoms with Crippen molar-refractivity contribution in [1.82, 2.24) is 29.8 Å². The molecule has 5 aromatic rings. The number of aryl methyl sites for hydroxylation is 1. The lowest BCUT2D eigenvalue weighted by molar-refractivity contribution is 0.0494. The number of piperidine rings is 2. The van der Waals surface area contributed by atoms with Crippen molar-refractivity contribution in [2.75, 3.05) is 25.0 Å². The Hall–Kier alpha value is -4.29. The number of anilines is 1. The van der Waals surface area contributed by atoms with Crippen LogP contribution in [0.2, 0.25) is 0 Å². The van der Waals surface area contributed by atoms with Crippen LogP contribution in [0.15, 0.2) is 52.1 Å². The molecule has 6 heterocycles. The summed E-state index contributed by atoms with van der Waals surface area (Å²) in [5.41, 5.74) is 3.83. The first-order valence-electron chi connectivity index (χ1n) is 13.8. The summed E-state index contributed by atoms with van der Waals surface area (Å²) < 4.78 is 6.74. The normalized spacial score (nSPS) is 18.8. The second kappa shape index (κ2) is 10.3. The molecule has 4 aromatic heterocycles. The summed E-state index contributed by atoms with van der Waals surface area (Å²) in [5.74, 6) is -0.250. The average Bonchev–Trinajstić information content (AvgIpc) is 3.68. The number of hydrogen-bond donors (Lipinski definition) is 3. The van der Waals surface area contributed by atoms with Gasteiger partial charge in [-0.3, -0.25) is 24.5 Å². The van der Waals surface area contributed by atoms with Crippen molar-refractivity contribution in [2.24, 2.45) is 5.92 Å². The molecule has 0 atom stereocenters. The molecule has 2 bridgehead atoms. The predicted octanol–water partition coefficient (Wildman–Crippen LogP) is 4.06. The van der Waals surface area contributed by atoms with Gasteiger partial charge in [0, 0.05) is 38.1 Å². The number of nitrogens with one attached hydrogen (secondary N) is 3. The van der Waals surface area contributed by atoms with Crippen molar-refractivity contribution in [1.29, 1.82) is 0 Å². The molecule has 41 heavy (non-hydrogen) atoms. The lowest BCUT2D eigenvalue weighted by Crippen LogP contribution is -2.50. The third-order valence-electron chi connectivity index (χ3n) is 8.25. The number of amides is 2. The Kier molecular flexibility index (Phi) is 6.43. The van der Waals surface area contributed by atoms with Crippen molar-refractivity contribution >= 4 is 44.8 Å². The number of thiazole rings is 1. The van der Waals surface area contributed by atoms with Crippen LogP contribution in [-0.4, -0.2) is 62.0 Å². The molecule has 0 radical (unpaired) electrons. The molecule has 12 heteroatoms. The SMILES string of the molecule is Cc1ncc(C(=O)NCCN2CC3CCC2CC3)cc1NC(=O)c1cnn2cc(-c3ccc4oc(=O)[nH]c4c3)sc12. The Labute approximate surface area is 238 Å². The highest BCUT2D eigenvalue weighted by Crippen LogP contribution is 2.34. The molecule has 3 aliphatic rings. The number of carbonyl (C=O) groups excluding carboxylic acids is 2. The van der Waals surface area contributed by atoms with Crippen molar-refractivity contribution in [3.05, 3.63) is 70.2 Å². The van der Waals surface area contributed by atoms with Gasteiger partial charge in [-0.05, 0) is 68.4 Å². The van der Waals surface area contributed by atoms with Crippen LogP contribution in [0.25, 0.3) is 26.4 Å². The number of oxazole rings is 1. The number of pyridine rings is 1. The molecule has 2 saturated heterocycles.